The summed E-state index contributed by atoms with van der Waals surface area (Å²) in [5.41, 5.74) is 9.87. The predicted molar refractivity (Wildman–Crippen MR) is 57.0 cm³/mol. The number of nitrogens with zero attached hydrogens (tertiary/aromatic N) is 2. The Morgan fingerprint density at radius 1 is 1.69 bits per heavy atom. The molecule has 0 radical (unpaired) electrons. The van der Waals surface area contributed by atoms with Crippen molar-refractivity contribution in [1.82, 2.24) is 9.78 Å². The number of primary amides is 1. The highest BCUT2D eigenvalue weighted by atomic mass is 16.5. The van der Waals surface area contributed by atoms with Crippen molar-refractivity contribution in [1.29, 1.82) is 0 Å². The molecule has 88 valence electrons. The third-order valence-corrected chi connectivity index (χ3v) is 1.97. The molecule has 0 saturated heterocycles. The fraction of sp³-hybridized carbons (Fsp3) is 0.444. The summed E-state index contributed by atoms with van der Waals surface area (Å²) in [7, 11) is 0. The first kappa shape index (κ1) is 12.2. The molecule has 1 rings (SSSR count). The second-order valence-corrected chi connectivity index (χ2v) is 3.19. The summed E-state index contributed by atoms with van der Waals surface area (Å²) in [5, 5.41) is 3.79. The number of rotatable bonds is 5. The van der Waals surface area contributed by atoms with E-state index in [0.717, 1.165) is 4.68 Å². The van der Waals surface area contributed by atoms with E-state index in [1.165, 1.54) is 19.2 Å². The number of nitrogens with two attached hydrogens (primary N) is 2. The summed E-state index contributed by atoms with van der Waals surface area (Å²) in [6, 6.07) is 0.457. The largest absolute Gasteiger partial charge is 0.490 e. The highest BCUT2D eigenvalue weighted by Crippen LogP contribution is 2.05. The lowest BCUT2D eigenvalue weighted by atomic mass is 10.3. The molecule has 0 spiro atoms. The Morgan fingerprint density at radius 3 is 2.88 bits per heavy atom. The van der Waals surface area contributed by atoms with Crippen molar-refractivity contribution in [2.45, 2.75) is 13.0 Å². The standard InChI is InChI=1S/C9H14N4O3/c1-6(9(11)15)13-8(14)4-7(5-12-13)16-3-2-10/h4-6H,2-3,10H2,1H3,(H2,11,15). The minimum absolute atomic E-state index is 0.302. The average molecular weight is 226 g/mol. The second kappa shape index (κ2) is 5.26. The maximum absolute atomic E-state index is 11.5. The van der Waals surface area contributed by atoms with E-state index in [-0.39, 0.29) is 0 Å². The van der Waals surface area contributed by atoms with Crippen molar-refractivity contribution in [2.24, 2.45) is 11.5 Å². The normalized spacial score (nSPS) is 12.1. The first-order chi connectivity index (χ1) is 7.56. The van der Waals surface area contributed by atoms with Crippen LogP contribution >= 0.6 is 0 Å². The van der Waals surface area contributed by atoms with E-state index < -0.39 is 17.5 Å². The van der Waals surface area contributed by atoms with Crippen molar-refractivity contribution in [3.8, 4) is 5.75 Å². The number of carbonyl (C=O) groups is 1. The Balaban J connectivity index is 2.91. The molecule has 4 N–H and O–H groups in total. The molecule has 0 aromatic carbocycles. The fourth-order valence-electron chi connectivity index (χ4n) is 1.07. The first-order valence-corrected chi connectivity index (χ1v) is 4.77. The molecule has 1 unspecified atom stereocenters. The van der Waals surface area contributed by atoms with E-state index in [1.807, 2.05) is 0 Å². The Labute approximate surface area is 92.0 Å². The van der Waals surface area contributed by atoms with Crippen LogP contribution in [-0.2, 0) is 4.79 Å². The number of carbonyl (C=O) groups excluding carboxylic acids is 1. The molecule has 7 nitrogen and oxygen atoms in total. The van der Waals surface area contributed by atoms with E-state index in [9.17, 15) is 9.59 Å². The average Bonchev–Trinajstić information content (AvgIpc) is 2.25. The monoisotopic (exact) mass is 226 g/mol. The Bertz CT molecular complexity index is 429. The molecule has 1 aromatic rings. The highest BCUT2D eigenvalue weighted by Gasteiger charge is 2.13. The van der Waals surface area contributed by atoms with Gasteiger partial charge in [0.25, 0.3) is 5.56 Å². The number of aromatic nitrogens is 2. The van der Waals surface area contributed by atoms with Gasteiger partial charge < -0.3 is 16.2 Å². The van der Waals surface area contributed by atoms with Crippen molar-refractivity contribution in [3.63, 3.8) is 0 Å². The molecule has 1 atom stereocenters. The van der Waals surface area contributed by atoms with E-state index in [0.29, 0.717) is 18.9 Å². The van der Waals surface area contributed by atoms with Crippen molar-refractivity contribution in [2.75, 3.05) is 13.2 Å². The molecule has 1 amide bonds. The maximum atomic E-state index is 11.5. The summed E-state index contributed by atoms with van der Waals surface area (Å²) in [4.78, 5) is 22.4. The van der Waals surface area contributed by atoms with Crippen molar-refractivity contribution in [3.05, 3.63) is 22.6 Å². The molecule has 0 bridgehead atoms. The summed E-state index contributed by atoms with van der Waals surface area (Å²) in [6.07, 6.45) is 1.34. The summed E-state index contributed by atoms with van der Waals surface area (Å²) in [5.74, 6) is -0.298. The first-order valence-electron chi connectivity index (χ1n) is 4.77. The van der Waals surface area contributed by atoms with Gasteiger partial charge in [-0.15, -0.1) is 0 Å². The minimum Gasteiger partial charge on any atom is -0.490 e. The summed E-state index contributed by atoms with van der Waals surface area (Å²) in [6.45, 7) is 2.15. The lowest BCUT2D eigenvalue weighted by molar-refractivity contribution is -0.121. The molecule has 1 heterocycles. The van der Waals surface area contributed by atoms with Gasteiger partial charge in [-0.3, -0.25) is 9.59 Å². The molecule has 0 aliphatic carbocycles. The lowest BCUT2D eigenvalue weighted by Crippen LogP contribution is -2.33. The van der Waals surface area contributed by atoms with Gasteiger partial charge in [0, 0.05) is 12.6 Å². The highest BCUT2D eigenvalue weighted by molar-refractivity contribution is 5.77. The van der Waals surface area contributed by atoms with E-state index >= 15 is 0 Å². The number of amides is 1. The van der Waals surface area contributed by atoms with Crippen molar-refractivity contribution >= 4 is 5.91 Å². The third-order valence-electron chi connectivity index (χ3n) is 1.97. The van der Waals surface area contributed by atoms with E-state index in [4.69, 9.17) is 16.2 Å². The summed E-state index contributed by atoms with van der Waals surface area (Å²) >= 11 is 0. The van der Waals surface area contributed by atoms with Crippen LogP contribution in [0.1, 0.15) is 13.0 Å². The van der Waals surface area contributed by atoms with Gasteiger partial charge in [-0.1, -0.05) is 0 Å². The van der Waals surface area contributed by atoms with Crippen LogP contribution < -0.4 is 21.8 Å². The SMILES string of the molecule is CC(C(N)=O)n1ncc(OCCN)cc1=O. The van der Waals surface area contributed by atoms with Crippen LogP contribution in [0.5, 0.6) is 5.75 Å². The minimum atomic E-state index is -0.781. The lowest BCUT2D eigenvalue weighted by Gasteiger charge is -2.10. The molecule has 0 fully saturated rings. The number of hydrogen-bond acceptors (Lipinski definition) is 5. The van der Waals surface area contributed by atoms with Gasteiger partial charge in [0.15, 0.2) is 0 Å². The van der Waals surface area contributed by atoms with E-state index in [2.05, 4.69) is 5.10 Å². The molecular formula is C9H14N4O3. The topological polar surface area (TPSA) is 113 Å². The zero-order valence-electron chi connectivity index (χ0n) is 8.92. The number of hydrogen-bond donors (Lipinski definition) is 2. The molecule has 0 aliphatic rings. The second-order valence-electron chi connectivity index (χ2n) is 3.19. The van der Waals surface area contributed by atoms with Gasteiger partial charge >= 0.3 is 0 Å². The quantitative estimate of drug-likeness (QED) is 0.642. The van der Waals surface area contributed by atoms with Gasteiger partial charge in [0.05, 0.1) is 6.20 Å². The molecule has 1 aromatic heterocycles. The Morgan fingerprint density at radius 2 is 2.38 bits per heavy atom. The summed E-state index contributed by atoms with van der Waals surface area (Å²) < 4.78 is 6.11. The van der Waals surface area contributed by atoms with Crippen LogP contribution in [0.3, 0.4) is 0 Å². The van der Waals surface area contributed by atoms with E-state index in [1.54, 1.807) is 0 Å². The van der Waals surface area contributed by atoms with Gasteiger partial charge in [-0.05, 0) is 6.92 Å². The zero-order chi connectivity index (χ0) is 12.1. The molecule has 0 aliphatic heterocycles. The Hall–Kier alpha value is -1.89. The van der Waals surface area contributed by atoms with Crippen LogP contribution in [-0.4, -0.2) is 28.8 Å². The van der Waals surface area contributed by atoms with Crippen LogP contribution in [0.25, 0.3) is 0 Å². The van der Waals surface area contributed by atoms with Gasteiger partial charge in [0.2, 0.25) is 5.91 Å². The number of ether oxygens (including phenoxy) is 1. The maximum Gasteiger partial charge on any atom is 0.271 e. The molecule has 0 saturated carbocycles. The van der Waals surface area contributed by atoms with Crippen LogP contribution in [0.4, 0.5) is 0 Å². The molecular weight excluding hydrogens is 212 g/mol. The Kier molecular flexibility index (Phi) is 4.01. The smallest absolute Gasteiger partial charge is 0.271 e. The van der Waals surface area contributed by atoms with Crippen LogP contribution in [0.15, 0.2) is 17.1 Å². The zero-order valence-corrected chi connectivity index (χ0v) is 8.92. The third kappa shape index (κ3) is 2.80. The van der Waals surface area contributed by atoms with Crippen LogP contribution in [0.2, 0.25) is 0 Å². The van der Waals surface area contributed by atoms with Crippen LogP contribution in [0, 0.1) is 0 Å². The van der Waals surface area contributed by atoms with Crippen molar-refractivity contribution < 1.29 is 9.53 Å². The predicted octanol–water partition coefficient (Wildman–Crippen LogP) is -1.37. The van der Waals surface area contributed by atoms with Gasteiger partial charge in [-0.25, -0.2) is 4.68 Å². The molecule has 7 heteroatoms. The molecule has 16 heavy (non-hydrogen) atoms. The fourth-order valence-corrected chi connectivity index (χ4v) is 1.07. The van der Waals surface area contributed by atoms with Gasteiger partial charge in [0.1, 0.15) is 18.4 Å². The van der Waals surface area contributed by atoms with Gasteiger partial charge in [-0.2, -0.15) is 5.10 Å².